The number of benzene rings is 2. The van der Waals surface area contributed by atoms with Crippen LogP contribution in [0.2, 0.25) is 0 Å². The third-order valence-corrected chi connectivity index (χ3v) is 3.59. The van der Waals surface area contributed by atoms with Crippen LogP contribution in [-0.4, -0.2) is 22.1 Å². The maximum absolute atomic E-state index is 5.24. The molecule has 2 heterocycles. The first kappa shape index (κ1) is 11.9. The van der Waals surface area contributed by atoms with Crippen LogP contribution in [0.15, 0.2) is 54.7 Å². The summed E-state index contributed by atoms with van der Waals surface area (Å²) in [4.78, 5) is 12.4. The lowest BCUT2D eigenvalue weighted by molar-refractivity contribution is 0.415. The van der Waals surface area contributed by atoms with Crippen molar-refractivity contribution in [2.24, 2.45) is 0 Å². The van der Waals surface area contributed by atoms with Crippen molar-refractivity contribution in [1.29, 1.82) is 0 Å². The number of fused-ring (bicyclic) bond motifs is 2. The molecule has 0 aliphatic rings. The molecule has 0 amide bonds. The number of aromatic nitrogens is 3. The second-order valence-corrected chi connectivity index (χ2v) is 4.85. The Bertz CT molecular complexity index is 938. The molecule has 4 aromatic rings. The van der Waals surface area contributed by atoms with E-state index < -0.39 is 0 Å². The molecule has 2 aromatic carbocycles. The Balaban J connectivity index is 1.96. The van der Waals surface area contributed by atoms with Gasteiger partial charge in [-0.05, 0) is 23.6 Å². The topological polar surface area (TPSA) is 50.8 Å². The molecule has 4 rings (SSSR count). The molecule has 2 aromatic heterocycles. The smallest absolute Gasteiger partial charge is 0.157 e. The summed E-state index contributed by atoms with van der Waals surface area (Å²) in [5.41, 5.74) is 2.71. The highest BCUT2D eigenvalue weighted by Gasteiger charge is 2.10. The van der Waals surface area contributed by atoms with Gasteiger partial charge >= 0.3 is 0 Å². The number of hydrogen-bond donors (Lipinski definition) is 1. The van der Waals surface area contributed by atoms with Crippen LogP contribution in [-0.2, 0) is 0 Å². The average Bonchev–Trinajstić information content (AvgIpc) is 2.97. The number of pyridine rings is 1. The Morgan fingerprint density at radius 3 is 2.86 bits per heavy atom. The van der Waals surface area contributed by atoms with Crippen molar-refractivity contribution < 1.29 is 4.74 Å². The van der Waals surface area contributed by atoms with Crippen LogP contribution in [0.25, 0.3) is 33.3 Å². The lowest BCUT2D eigenvalue weighted by Gasteiger charge is -2.01. The standard InChI is InChI=1S/C17H13N3O/c1-21-12-6-7-14-15(10-12)20-17(19-14)16-13-5-3-2-4-11(13)8-9-18-16/h2-10H,1H3,(H,19,20). The Hall–Kier alpha value is -2.88. The van der Waals surface area contributed by atoms with Gasteiger partial charge in [0.25, 0.3) is 0 Å². The lowest BCUT2D eigenvalue weighted by Crippen LogP contribution is -1.87. The molecule has 4 heteroatoms. The van der Waals surface area contributed by atoms with Gasteiger partial charge in [-0.25, -0.2) is 4.98 Å². The number of rotatable bonds is 2. The zero-order chi connectivity index (χ0) is 14.2. The minimum Gasteiger partial charge on any atom is -0.497 e. The van der Waals surface area contributed by atoms with E-state index in [4.69, 9.17) is 4.74 Å². The number of nitrogens with one attached hydrogen (secondary N) is 1. The number of imidazole rings is 1. The fraction of sp³-hybridized carbons (Fsp3) is 0.0588. The zero-order valence-corrected chi connectivity index (χ0v) is 11.5. The summed E-state index contributed by atoms with van der Waals surface area (Å²) < 4.78 is 5.24. The molecular formula is C17H13N3O. The van der Waals surface area contributed by atoms with Gasteiger partial charge in [0.15, 0.2) is 5.82 Å². The van der Waals surface area contributed by atoms with Crippen molar-refractivity contribution in [3.8, 4) is 17.3 Å². The zero-order valence-electron chi connectivity index (χ0n) is 11.5. The predicted octanol–water partition coefficient (Wildman–Crippen LogP) is 3.79. The van der Waals surface area contributed by atoms with Gasteiger partial charge < -0.3 is 9.72 Å². The van der Waals surface area contributed by atoms with Crippen molar-refractivity contribution in [1.82, 2.24) is 15.0 Å². The van der Waals surface area contributed by atoms with Gasteiger partial charge in [-0.15, -0.1) is 0 Å². The Morgan fingerprint density at radius 2 is 1.95 bits per heavy atom. The second kappa shape index (κ2) is 4.59. The highest BCUT2D eigenvalue weighted by molar-refractivity contribution is 5.94. The molecule has 0 saturated carbocycles. The molecule has 0 aliphatic carbocycles. The van der Waals surface area contributed by atoms with Crippen LogP contribution >= 0.6 is 0 Å². The first-order valence-corrected chi connectivity index (χ1v) is 6.73. The van der Waals surface area contributed by atoms with Crippen molar-refractivity contribution in [3.63, 3.8) is 0 Å². The third kappa shape index (κ3) is 1.92. The molecule has 0 atom stereocenters. The highest BCUT2D eigenvalue weighted by Crippen LogP contribution is 2.27. The summed E-state index contributed by atoms with van der Waals surface area (Å²) >= 11 is 0. The Kier molecular flexibility index (Phi) is 2.60. The van der Waals surface area contributed by atoms with Gasteiger partial charge in [0.05, 0.1) is 18.1 Å². The van der Waals surface area contributed by atoms with Crippen molar-refractivity contribution in [2.75, 3.05) is 7.11 Å². The highest BCUT2D eigenvalue weighted by atomic mass is 16.5. The molecule has 0 saturated heterocycles. The van der Waals surface area contributed by atoms with E-state index in [1.807, 2.05) is 42.6 Å². The molecule has 4 nitrogen and oxygen atoms in total. The lowest BCUT2D eigenvalue weighted by atomic mass is 10.1. The van der Waals surface area contributed by atoms with E-state index in [1.54, 1.807) is 7.11 Å². The molecule has 21 heavy (non-hydrogen) atoms. The van der Waals surface area contributed by atoms with Crippen LogP contribution in [0.4, 0.5) is 0 Å². The molecule has 1 N–H and O–H groups in total. The normalized spacial score (nSPS) is 11.1. The number of H-pyrrole nitrogens is 1. The van der Waals surface area contributed by atoms with Crippen molar-refractivity contribution in [3.05, 3.63) is 54.7 Å². The summed E-state index contributed by atoms with van der Waals surface area (Å²) in [6.45, 7) is 0. The number of nitrogens with zero attached hydrogens (tertiary/aromatic N) is 2. The van der Waals surface area contributed by atoms with Gasteiger partial charge in [-0.2, -0.15) is 0 Å². The Morgan fingerprint density at radius 1 is 1.05 bits per heavy atom. The summed E-state index contributed by atoms with van der Waals surface area (Å²) in [7, 11) is 1.66. The summed E-state index contributed by atoms with van der Waals surface area (Å²) in [6.07, 6.45) is 1.81. The molecule has 102 valence electrons. The molecule has 0 unspecified atom stereocenters. The van der Waals surface area contributed by atoms with Gasteiger partial charge in [-0.3, -0.25) is 4.98 Å². The number of aromatic amines is 1. The van der Waals surface area contributed by atoms with Crippen LogP contribution in [0, 0.1) is 0 Å². The molecule has 0 spiro atoms. The fourth-order valence-electron chi connectivity index (χ4n) is 2.54. The molecule has 0 fully saturated rings. The Labute approximate surface area is 121 Å². The van der Waals surface area contributed by atoms with Crippen molar-refractivity contribution in [2.45, 2.75) is 0 Å². The van der Waals surface area contributed by atoms with Crippen LogP contribution in [0.1, 0.15) is 0 Å². The van der Waals surface area contributed by atoms with E-state index in [2.05, 4.69) is 27.1 Å². The van der Waals surface area contributed by atoms with E-state index in [0.29, 0.717) is 0 Å². The number of hydrogen-bond acceptors (Lipinski definition) is 3. The molecular weight excluding hydrogens is 262 g/mol. The third-order valence-electron chi connectivity index (χ3n) is 3.59. The van der Waals surface area contributed by atoms with E-state index in [1.165, 1.54) is 0 Å². The van der Waals surface area contributed by atoms with E-state index in [-0.39, 0.29) is 0 Å². The first-order chi connectivity index (χ1) is 10.3. The summed E-state index contributed by atoms with van der Waals surface area (Å²) in [5.74, 6) is 1.58. The largest absolute Gasteiger partial charge is 0.497 e. The van der Waals surface area contributed by atoms with Gasteiger partial charge in [0.2, 0.25) is 0 Å². The maximum Gasteiger partial charge on any atom is 0.157 e. The van der Waals surface area contributed by atoms with E-state index in [9.17, 15) is 0 Å². The monoisotopic (exact) mass is 275 g/mol. The van der Waals surface area contributed by atoms with Gasteiger partial charge in [0, 0.05) is 17.6 Å². The maximum atomic E-state index is 5.24. The van der Waals surface area contributed by atoms with Crippen LogP contribution < -0.4 is 4.74 Å². The van der Waals surface area contributed by atoms with Gasteiger partial charge in [-0.1, -0.05) is 24.3 Å². The predicted molar refractivity (Wildman–Crippen MR) is 83.4 cm³/mol. The van der Waals surface area contributed by atoms with E-state index in [0.717, 1.165) is 39.1 Å². The van der Waals surface area contributed by atoms with Gasteiger partial charge in [0.1, 0.15) is 11.4 Å². The van der Waals surface area contributed by atoms with E-state index >= 15 is 0 Å². The minimum atomic E-state index is 0.773. The summed E-state index contributed by atoms with van der Waals surface area (Å²) in [5, 5.41) is 2.24. The SMILES string of the molecule is COc1ccc2nc(-c3nccc4ccccc34)[nH]c2c1. The molecule has 0 aliphatic heterocycles. The second-order valence-electron chi connectivity index (χ2n) is 4.85. The quantitative estimate of drug-likeness (QED) is 0.605. The molecule has 0 radical (unpaired) electrons. The number of ether oxygens (including phenoxy) is 1. The van der Waals surface area contributed by atoms with Crippen molar-refractivity contribution >= 4 is 21.8 Å². The molecule has 0 bridgehead atoms. The van der Waals surface area contributed by atoms with Crippen LogP contribution in [0.3, 0.4) is 0 Å². The number of methoxy groups -OCH3 is 1. The minimum absolute atomic E-state index is 0.773. The van der Waals surface area contributed by atoms with Crippen LogP contribution in [0.5, 0.6) is 5.75 Å². The average molecular weight is 275 g/mol. The summed E-state index contributed by atoms with van der Waals surface area (Å²) in [6, 6.07) is 16.0. The fourth-order valence-corrected chi connectivity index (χ4v) is 2.54. The first-order valence-electron chi connectivity index (χ1n) is 6.73.